The minimum Gasteiger partial charge on any atom is -0.355 e. The molecule has 1 amide bonds. The summed E-state index contributed by atoms with van der Waals surface area (Å²) in [6.45, 7) is 10.5. The number of carbonyl (C=O) groups excluding carboxylic acids is 1. The van der Waals surface area contributed by atoms with E-state index in [1.165, 1.54) is 0 Å². The van der Waals surface area contributed by atoms with Crippen LogP contribution in [0.4, 0.5) is 0 Å². The molecule has 0 radical (unpaired) electrons. The van der Waals surface area contributed by atoms with Crippen molar-refractivity contribution in [2.75, 3.05) is 40.3 Å². The molecule has 106 valence electrons. The molecule has 0 aromatic rings. The van der Waals surface area contributed by atoms with E-state index in [4.69, 9.17) is 0 Å². The van der Waals surface area contributed by atoms with E-state index in [1.807, 2.05) is 14.1 Å². The van der Waals surface area contributed by atoms with Crippen molar-refractivity contribution in [3.63, 3.8) is 0 Å². The largest absolute Gasteiger partial charge is 0.355 e. The van der Waals surface area contributed by atoms with Gasteiger partial charge in [0, 0.05) is 24.5 Å². The van der Waals surface area contributed by atoms with E-state index in [1.54, 1.807) is 0 Å². The van der Waals surface area contributed by atoms with Crippen LogP contribution < -0.4 is 5.32 Å². The lowest BCUT2D eigenvalue weighted by Crippen LogP contribution is -2.48. The normalized spacial score (nSPS) is 19.2. The van der Waals surface area contributed by atoms with E-state index in [0.717, 1.165) is 39.0 Å². The SMILES string of the molecule is CN(C)CCNC(=O)C1CCN(C(C)(C)C)CC1. The summed E-state index contributed by atoms with van der Waals surface area (Å²) in [5.74, 6) is 0.455. The fourth-order valence-corrected chi connectivity index (χ4v) is 2.36. The molecule has 1 aliphatic rings. The van der Waals surface area contributed by atoms with Gasteiger partial charge in [-0.05, 0) is 60.8 Å². The predicted octanol–water partition coefficient (Wildman–Crippen LogP) is 1.17. The molecule has 1 heterocycles. The molecule has 0 aromatic carbocycles. The van der Waals surface area contributed by atoms with Crippen molar-refractivity contribution in [1.29, 1.82) is 0 Å². The van der Waals surface area contributed by atoms with Gasteiger partial charge in [0.15, 0.2) is 0 Å². The highest BCUT2D eigenvalue weighted by molar-refractivity contribution is 5.78. The summed E-state index contributed by atoms with van der Waals surface area (Å²) in [5, 5.41) is 3.04. The fraction of sp³-hybridized carbons (Fsp3) is 0.929. The molecule has 0 bridgehead atoms. The monoisotopic (exact) mass is 255 g/mol. The van der Waals surface area contributed by atoms with Crippen molar-refractivity contribution < 1.29 is 4.79 Å². The van der Waals surface area contributed by atoms with Crippen molar-refractivity contribution >= 4 is 5.91 Å². The van der Waals surface area contributed by atoms with Crippen molar-refractivity contribution in [2.45, 2.75) is 39.2 Å². The van der Waals surface area contributed by atoms with Crippen LogP contribution in [0.15, 0.2) is 0 Å². The van der Waals surface area contributed by atoms with Gasteiger partial charge < -0.3 is 10.2 Å². The van der Waals surface area contributed by atoms with Gasteiger partial charge in [0.25, 0.3) is 0 Å². The molecule has 4 nitrogen and oxygen atoms in total. The van der Waals surface area contributed by atoms with Crippen LogP contribution in [-0.2, 0) is 4.79 Å². The molecule has 0 unspecified atom stereocenters. The molecule has 1 fully saturated rings. The fourth-order valence-electron chi connectivity index (χ4n) is 2.36. The highest BCUT2D eigenvalue weighted by Gasteiger charge is 2.29. The lowest BCUT2D eigenvalue weighted by molar-refractivity contribution is -0.126. The number of nitrogens with one attached hydrogen (secondary N) is 1. The summed E-state index contributed by atoms with van der Waals surface area (Å²) >= 11 is 0. The van der Waals surface area contributed by atoms with Crippen molar-refractivity contribution in [3.05, 3.63) is 0 Å². The number of piperidine rings is 1. The lowest BCUT2D eigenvalue weighted by atomic mass is 9.92. The molecule has 1 N–H and O–H groups in total. The Balaban J connectivity index is 2.28. The Kier molecular flexibility index (Phi) is 5.60. The maximum absolute atomic E-state index is 12.0. The van der Waals surface area contributed by atoms with Crippen LogP contribution in [0.5, 0.6) is 0 Å². The van der Waals surface area contributed by atoms with Gasteiger partial charge in [-0.15, -0.1) is 0 Å². The summed E-state index contributed by atoms with van der Waals surface area (Å²) in [5.41, 5.74) is 0.229. The van der Waals surface area contributed by atoms with Crippen LogP contribution in [0.2, 0.25) is 0 Å². The van der Waals surface area contributed by atoms with Gasteiger partial charge in [0.05, 0.1) is 0 Å². The van der Waals surface area contributed by atoms with Crippen LogP contribution in [-0.4, -0.2) is 61.5 Å². The number of rotatable bonds is 4. The Labute approximate surface area is 112 Å². The number of likely N-dealkylation sites (N-methyl/N-ethyl adjacent to an activating group) is 1. The third kappa shape index (κ3) is 4.94. The minimum absolute atomic E-state index is 0.214. The van der Waals surface area contributed by atoms with Gasteiger partial charge in [-0.1, -0.05) is 0 Å². The third-order valence-corrected chi connectivity index (χ3v) is 3.67. The Hall–Kier alpha value is -0.610. The first-order valence-corrected chi connectivity index (χ1v) is 6.98. The van der Waals surface area contributed by atoms with Gasteiger partial charge in [-0.2, -0.15) is 0 Å². The second-order valence-corrected chi connectivity index (χ2v) is 6.53. The molecule has 4 heteroatoms. The summed E-state index contributed by atoms with van der Waals surface area (Å²) in [6, 6.07) is 0. The number of amides is 1. The number of hydrogen-bond acceptors (Lipinski definition) is 3. The van der Waals surface area contributed by atoms with Crippen LogP contribution in [0, 0.1) is 5.92 Å². The zero-order valence-electron chi connectivity index (χ0n) is 12.6. The first-order valence-electron chi connectivity index (χ1n) is 6.98. The molecule has 0 aromatic heterocycles. The summed E-state index contributed by atoms with van der Waals surface area (Å²) in [7, 11) is 4.04. The third-order valence-electron chi connectivity index (χ3n) is 3.67. The Bertz CT molecular complexity index is 263. The molecule has 0 atom stereocenters. The Morgan fingerprint density at radius 3 is 2.28 bits per heavy atom. The summed E-state index contributed by atoms with van der Waals surface area (Å²) in [6.07, 6.45) is 1.98. The number of carbonyl (C=O) groups is 1. The van der Waals surface area contributed by atoms with E-state index in [9.17, 15) is 4.79 Å². The van der Waals surface area contributed by atoms with Crippen molar-refractivity contribution in [2.24, 2.45) is 5.92 Å². The van der Waals surface area contributed by atoms with E-state index in [-0.39, 0.29) is 17.4 Å². The topological polar surface area (TPSA) is 35.6 Å². The van der Waals surface area contributed by atoms with E-state index < -0.39 is 0 Å². The summed E-state index contributed by atoms with van der Waals surface area (Å²) < 4.78 is 0. The van der Waals surface area contributed by atoms with Crippen LogP contribution in [0.3, 0.4) is 0 Å². The molecular weight excluding hydrogens is 226 g/mol. The van der Waals surface area contributed by atoms with Gasteiger partial charge in [-0.3, -0.25) is 9.69 Å². The molecule has 0 aliphatic carbocycles. The van der Waals surface area contributed by atoms with Gasteiger partial charge in [0.2, 0.25) is 5.91 Å². The molecule has 1 rings (SSSR count). The highest BCUT2D eigenvalue weighted by atomic mass is 16.1. The highest BCUT2D eigenvalue weighted by Crippen LogP contribution is 2.23. The molecule has 0 spiro atoms. The van der Waals surface area contributed by atoms with E-state index >= 15 is 0 Å². The van der Waals surface area contributed by atoms with E-state index in [0.29, 0.717) is 0 Å². The molecule has 1 saturated heterocycles. The maximum atomic E-state index is 12.0. The number of hydrogen-bond donors (Lipinski definition) is 1. The predicted molar refractivity (Wildman–Crippen MR) is 75.6 cm³/mol. The Morgan fingerprint density at radius 1 is 1.28 bits per heavy atom. The molecule has 0 saturated carbocycles. The van der Waals surface area contributed by atoms with Gasteiger partial charge >= 0.3 is 0 Å². The van der Waals surface area contributed by atoms with Gasteiger partial charge in [0.1, 0.15) is 0 Å². The number of nitrogens with zero attached hydrogens (tertiary/aromatic N) is 2. The van der Waals surface area contributed by atoms with Gasteiger partial charge in [-0.25, -0.2) is 0 Å². The summed E-state index contributed by atoms with van der Waals surface area (Å²) in [4.78, 5) is 16.5. The van der Waals surface area contributed by atoms with Crippen LogP contribution >= 0.6 is 0 Å². The average molecular weight is 255 g/mol. The van der Waals surface area contributed by atoms with Crippen molar-refractivity contribution in [1.82, 2.24) is 15.1 Å². The Morgan fingerprint density at radius 2 is 1.83 bits per heavy atom. The van der Waals surface area contributed by atoms with Crippen molar-refractivity contribution in [3.8, 4) is 0 Å². The van der Waals surface area contributed by atoms with Crippen LogP contribution in [0.1, 0.15) is 33.6 Å². The first-order chi connectivity index (χ1) is 8.30. The average Bonchev–Trinajstić information content (AvgIpc) is 2.27. The number of likely N-dealkylation sites (tertiary alicyclic amines) is 1. The maximum Gasteiger partial charge on any atom is 0.223 e. The quantitative estimate of drug-likeness (QED) is 0.819. The zero-order chi connectivity index (χ0) is 13.8. The van der Waals surface area contributed by atoms with Crippen LogP contribution in [0.25, 0.3) is 0 Å². The second kappa shape index (κ2) is 6.53. The standard InChI is InChI=1S/C14H29N3O/c1-14(2,3)17-9-6-12(7-10-17)13(18)15-8-11-16(4)5/h12H,6-11H2,1-5H3,(H,15,18). The smallest absolute Gasteiger partial charge is 0.223 e. The van der Waals surface area contributed by atoms with E-state index in [2.05, 4.69) is 35.9 Å². The lowest BCUT2D eigenvalue weighted by Gasteiger charge is -2.40. The second-order valence-electron chi connectivity index (χ2n) is 6.53. The molecular formula is C14H29N3O. The molecule has 18 heavy (non-hydrogen) atoms. The minimum atomic E-state index is 0.214. The zero-order valence-corrected chi connectivity index (χ0v) is 12.6. The first kappa shape index (κ1) is 15.4. The molecule has 1 aliphatic heterocycles.